The number of nitrogens with one attached hydrogen (secondary N) is 1. The van der Waals surface area contributed by atoms with Crippen LogP contribution in [-0.2, 0) is 4.74 Å². The van der Waals surface area contributed by atoms with E-state index in [1.807, 2.05) is 0 Å². The highest BCUT2D eigenvalue weighted by Gasteiger charge is 2.43. The van der Waals surface area contributed by atoms with Gasteiger partial charge in [-0.1, -0.05) is 0 Å². The molecule has 1 heterocycles. The average molecular weight is 258 g/mol. The van der Waals surface area contributed by atoms with Crippen LogP contribution in [0.15, 0.2) is 16.9 Å². The molecule has 14 heavy (non-hydrogen) atoms. The van der Waals surface area contributed by atoms with Crippen molar-refractivity contribution in [2.24, 2.45) is 0 Å². The van der Waals surface area contributed by atoms with E-state index in [-0.39, 0.29) is 5.54 Å². The number of ether oxygens (including phenoxy) is 1. The molecule has 0 radical (unpaired) electrons. The molecule has 0 spiro atoms. The molecule has 1 fully saturated rings. The van der Waals surface area contributed by atoms with Crippen molar-refractivity contribution in [1.82, 2.24) is 9.97 Å². The van der Waals surface area contributed by atoms with Gasteiger partial charge in [0.2, 0.25) is 5.95 Å². The zero-order valence-electron chi connectivity index (χ0n) is 7.96. The Bertz CT molecular complexity index is 310. The van der Waals surface area contributed by atoms with Gasteiger partial charge in [0.1, 0.15) is 0 Å². The Kier molecular flexibility index (Phi) is 2.69. The van der Waals surface area contributed by atoms with Crippen LogP contribution >= 0.6 is 15.9 Å². The molecule has 4 nitrogen and oxygen atoms in total. The molecule has 0 atom stereocenters. The summed E-state index contributed by atoms with van der Waals surface area (Å²) in [5, 5.41) is 3.29. The highest BCUT2D eigenvalue weighted by Crippen LogP contribution is 2.38. The first-order valence-corrected chi connectivity index (χ1v) is 5.28. The first-order valence-electron chi connectivity index (χ1n) is 4.49. The van der Waals surface area contributed by atoms with Crippen molar-refractivity contribution in [3.63, 3.8) is 0 Å². The monoisotopic (exact) mass is 257 g/mol. The number of rotatable bonds is 4. The van der Waals surface area contributed by atoms with Crippen LogP contribution in [0.5, 0.6) is 0 Å². The zero-order chi connectivity index (χ0) is 10.0. The van der Waals surface area contributed by atoms with E-state index < -0.39 is 0 Å². The molecule has 2 rings (SSSR count). The van der Waals surface area contributed by atoms with Gasteiger partial charge in [-0.15, -0.1) is 0 Å². The second-order valence-corrected chi connectivity index (χ2v) is 4.48. The second kappa shape index (κ2) is 3.82. The molecular weight excluding hydrogens is 246 g/mol. The minimum absolute atomic E-state index is 0.0859. The summed E-state index contributed by atoms with van der Waals surface area (Å²) in [7, 11) is 1.71. The maximum absolute atomic E-state index is 5.14. The predicted molar refractivity (Wildman–Crippen MR) is 57.2 cm³/mol. The molecule has 0 aromatic carbocycles. The van der Waals surface area contributed by atoms with Crippen LogP contribution < -0.4 is 5.32 Å². The Labute approximate surface area is 91.2 Å². The van der Waals surface area contributed by atoms with E-state index >= 15 is 0 Å². The van der Waals surface area contributed by atoms with Crippen LogP contribution in [0.25, 0.3) is 0 Å². The van der Waals surface area contributed by atoms with Gasteiger partial charge in [0, 0.05) is 19.5 Å². The summed E-state index contributed by atoms with van der Waals surface area (Å²) in [4.78, 5) is 8.32. The number of hydrogen-bond donors (Lipinski definition) is 1. The fraction of sp³-hybridized carbons (Fsp3) is 0.556. The fourth-order valence-electron chi connectivity index (χ4n) is 1.35. The van der Waals surface area contributed by atoms with Gasteiger partial charge in [-0.05, 0) is 28.8 Å². The second-order valence-electron chi connectivity index (χ2n) is 3.56. The topological polar surface area (TPSA) is 47.0 Å². The summed E-state index contributed by atoms with van der Waals surface area (Å²) in [6.45, 7) is 0.715. The van der Waals surface area contributed by atoms with Crippen molar-refractivity contribution < 1.29 is 4.74 Å². The molecule has 1 N–H and O–H groups in total. The van der Waals surface area contributed by atoms with Crippen molar-refractivity contribution in [3.05, 3.63) is 16.9 Å². The number of aromatic nitrogens is 2. The van der Waals surface area contributed by atoms with Gasteiger partial charge in [0.25, 0.3) is 0 Å². The summed E-state index contributed by atoms with van der Waals surface area (Å²) in [6, 6.07) is 0. The number of anilines is 1. The fourth-order valence-corrected chi connectivity index (χ4v) is 1.55. The third-order valence-corrected chi connectivity index (χ3v) is 2.68. The van der Waals surface area contributed by atoms with E-state index in [4.69, 9.17) is 4.74 Å². The molecule has 0 aliphatic heterocycles. The maximum Gasteiger partial charge on any atom is 0.223 e. The predicted octanol–water partition coefficient (Wildman–Crippen LogP) is 1.83. The Balaban J connectivity index is 2.00. The molecule has 5 heteroatoms. The number of nitrogens with zero attached hydrogens (tertiary/aromatic N) is 2. The Morgan fingerprint density at radius 1 is 1.50 bits per heavy atom. The average Bonchev–Trinajstić information content (AvgIpc) is 2.90. The highest BCUT2D eigenvalue weighted by atomic mass is 79.9. The summed E-state index contributed by atoms with van der Waals surface area (Å²) in [5.41, 5.74) is 0.0859. The van der Waals surface area contributed by atoms with E-state index in [9.17, 15) is 0 Å². The van der Waals surface area contributed by atoms with Crippen LogP contribution in [0, 0.1) is 0 Å². The normalized spacial score (nSPS) is 17.9. The molecular formula is C9H12BrN3O. The maximum atomic E-state index is 5.14. The minimum atomic E-state index is 0.0859. The molecule has 0 bridgehead atoms. The molecule has 1 aliphatic carbocycles. The number of hydrogen-bond acceptors (Lipinski definition) is 4. The minimum Gasteiger partial charge on any atom is -0.382 e. The first kappa shape index (κ1) is 9.86. The largest absolute Gasteiger partial charge is 0.382 e. The van der Waals surface area contributed by atoms with Crippen LogP contribution in [0.1, 0.15) is 12.8 Å². The van der Waals surface area contributed by atoms with Crippen LogP contribution in [-0.4, -0.2) is 29.2 Å². The highest BCUT2D eigenvalue weighted by molar-refractivity contribution is 9.10. The summed E-state index contributed by atoms with van der Waals surface area (Å²) >= 11 is 3.29. The van der Waals surface area contributed by atoms with Gasteiger partial charge in [0.15, 0.2) is 0 Å². The molecule has 76 valence electrons. The van der Waals surface area contributed by atoms with Crippen molar-refractivity contribution in [1.29, 1.82) is 0 Å². The zero-order valence-corrected chi connectivity index (χ0v) is 9.54. The Morgan fingerprint density at radius 2 is 2.14 bits per heavy atom. The molecule has 0 amide bonds. The van der Waals surface area contributed by atoms with Gasteiger partial charge in [-0.3, -0.25) is 0 Å². The molecule has 1 aromatic rings. The van der Waals surface area contributed by atoms with Gasteiger partial charge in [-0.25, -0.2) is 9.97 Å². The van der Waals surface area contributed by atoms with Crippen molar-refractivity contribution in [3.8, 4) is 0 Å². The van der Waals surface area contributed by atoms with Crippen molar-refractivity contribution >= 4 is 21.9 Å². The lowest BCUT2D eigenvalue weighted by Gasteiger charge is -2.15. The quantitative estimate of drug-likeness (QED) is 0.895. The SMILES string of the molecule is COCC1(Nc2ncc(Br)cn2)CC1. The number of methoxy groups -OCH3 is 1. The molecule has 1 aromatic heterocycles. The van der Waals surface area contributed by atoms with Crippen LogP contribution in [0.3, 0.4) is 0 Å². The van der Waals surface area contributed by atoms with Gasteiger partial charge in [0.05, 0.1) is 16.6 Å². The first-order chi connectivity index (χ1) is 6.74. The van der Waals surface area contributed by atoms with Crippen LogP contribution in [0.4, 0.5) is 5.95 Å². The van der Waals surface area contributed by atoms with Gasteiger partial charge >= 0.3 is 0 Å². The molecule has 1 saturated carbocycles. The van der Waals surface area contributed by atoms with E-state index in [0.717, 1.165) is 17.3 Å². The molecule has 0 unspecified atom stereocenters. The standard InChI is InChI=1S/C9H12BrN3O/c1-14-6-9(2-3-9)13-8-11-4-7(10)5-12-8/h4-5H,2-3,6H2,1H3,(H,11,12,13). The third kappa shape index (κ3) is 2.22. The third-order valence-electron chi connectivity index (χ3n) is 2.27. The Morgan fingerprint density at radius 3 is 2.64 bits per heavy atom. The van der Waals surface area contributed by atoms with E-state index in [2.05, 4.69) is 31.2 Å². The molecule has 0 saturated heterocycles. The van der Waals surface area contributed by atoms with E-state index in [1.165, 1.54) is 0 Å². The van der Waals surface area contributed by atoms with E-state index in [1.54, 1.807) is 19.5 Å². The van der Waals surface area contributed by atoms with Gasteiger partial charge < -0.3 is 10.1 Å². The van der Waals surface area contributed by atoms with Crippen LogP contribution in [0.2, 0.25) is 0 Å². The summed E-state index contributed by atoms with van der Waals surface area (Å²) < 4.78 is 6.03. The lowest BCUT2D eigenvalue weighted by molar-refractivity contribution is 0.179. The van der Waals surface area contributed by atoms with E-state index in [0.29, 0.717) is 12.6 Å². The lowest BCUT2D eigenvalue weighted by atomic mass is 10.3. The van der Waals surface area contributed by atoms with Crippen molar-refractivity contribution in [2.75, 3.05) is 19.0 Å². The Hall–Kier alpha value is -0.680. The summed E-state index contributed by atoms with van der Waals surface area (Å²) in [6.07, 6.45) is 5.72. The smallest absolute Gasteiger partial charge is 0.223 e. The summed E-state index contributed by atoms with van der Waals surface area (Å²) in [5.74, 6) is 0.669. The lowest BCUT2D eigenvalue weighted by Crippen LogP contribution is -2.27. The van der Waals surface area contributed by atoms with Gasteiger partial charge in [-0.2, -0.15) is 0 Å². The molecule has 1 aliphatic rings. The van der Waals surface area contributed by atoms with Crippen molar-refractivity contribution in [2.45, 2.75) is 18.4 Å². The number of halogens is 1.